The first-order chi connectivity index (χ1) is 8.92. The summed E-state index contributed by atoms with van der Waals surface area (Å²) in [6, 6.07) is 3.41. The first-order valence-corrected chi connectivity index (χ1v) is 6.06. The summed E-state index contributed by atoms with van der Waals surface area (Å²) in [7, 11) is 0. The molecule has 2 amide bonds. The highest BCUT2D eigenvalue weighted by Crippen LogP contribution is 2.12. The van der Waals surface area contributed by atoms with Crippen molar-refractivity contribution in [3.8, 4) is 0 Å². The van der Waals surface area contributed by atoms with Crippen LogP contribution in [0.5, 0.6) is 0 Å². The van der Waals surface area contributed by atoms with Crippen LogP contribution in [0.25, 0.3) is 0 Å². The lowest BCUT2D eigenvalue weighted by Crippen LogP contribution is -2.43. The molecule has 0 aliphatic rings. The molecular formula is C13H19N3O3. The van der Waals surface area contributed by atoms with Gasteiger partial charge in [-0.3, -0.25) is 9.78 Å². The number of urea groups is 1. The summed E-state index contributed by atoms with van der Waals surface area (Å²) in [5.74, 6) is -0.942. The van der Waals surface area contributed by atoms with Gasteiger partial charge in [-0.15, -0.1) is 0 Å². The average Bonchev–Trinajstić information content (AvgIpc) is 2.37. The van der Waals surface area contributed by atoms with Gasteiger partial charge in [0.15, 0.2) is 0 Å². The standard InChI is InChI=1S/C13H19N3O3/c1-13(2,11(17)18)9-16-12(19)15-7-5-10-4-3-6-14-8-10/h3-4,6,8H,5,7,9H2,1-2H3,(H,17,18)(H2,15,16,19). The average molecular weight is 265 g/mol. The normalized spacial score (nSPS) is 10.8. The van der Waals surface area contributed by atoms with Crippen LogP contribution in [0.1, 0.15) is 19.4 Å². The minimum Gasteiger partial charge on any atom is -0.481 e. The number of aliphatic carboxylic acids is 1. The van der Waals surface area contributed by atoms with E-state index in [-0.39, 0.29) is 12.6 Å². The van der Waals surface area contributed by atoms with Crippen molar-refractivity contribution >= 4 is 12.0 Å². The third-order valence-electron chi connectivity index (χ3n) is 2.69. The lowest BCUT2D eigenvalue weighted by atomic mass is 9.94. The van der Waals surface area contributed by atoms with E-state index in [1.165, 1.54) is 0 Å². The summed E-state index contributed by atoms with van der Waals surface area (Å²) in [6.45, 7) is 3.68. The monoisotopic (exact) mass is 265 g/mol. The minimum atomic E-state index is -0.972. The van der Waals surface area contributed by atoms with E-state index in [9.17, 15) is 9.59 Å². The molecule has 0 atom stereocenters. The zero-order valence-corrected chi connectivity index (χ0v) is 11.1. The fourth-order valence-corrected chi connectivity index (χ4v) is 1.31. The molecule has 0 radical (unpaired) electrons. The summed E-state index contributed by atoms with van der Waals surface area (Å²) in [4.78, 5) is 26.3. The predicted molar refractivity (Wildman–Crippen MR) is 70.8 cm³/mol. The van der Waals surface area contributed by atoms with E-state index in [1.54, 1.807) is 26.2 Å². The second-order valence-corrected chi connectivity index (χ2v) is 4.91. The van der Waals surface area contributed by atoms with Crippen LogP contribution in [0.4, 0.5) is 4.79 Å². The number of hydrogen-bond acceptors (Lipinski definition) is 3. The van der Waals surface area contributed by atoms with E-state index in [1.807, 2.05) is 12.1 Å². The molecule has 3 N–H and O–H groups in total. The molecule has 0 unspecified atom stereocenters. The van der Waals surface area contributed by atoms with Gasteiger partial charge in [0, 0.05) is 25.5 Å². The maximum atomic E-state index is 11.5. The zero-order chi connectivity index (χ0) is 14.3. The quantitative estimate of drug-likeness (QED) is 0.716. The summed E-state index contributed by atoms with van der Waals surface area (Å²) in [5.41, 5.74) is 0.0643. The molecule has 6 heteroatoms. The Balaban J connectivity index is 2.24. The maximum Gasteiger partial charge on any atom is 0.314 e. The largest absolute Gasteiger partial charge is 0.481 e. The molecule has 6 nitrogen and oxygen atoms in total. The molecule has 1 rings (SSSR count). The Hall–Kier alpha value is -2.11. The van der Waals surface area contributed by atoms with Gasteiger partial charge in [0.05, 0.1) is 5.41 Å². The molecule has 19 heavy (non-hydrogen) atoms. The number of carbonyl (C=O) groups excluding carboxylic acids is 1. The number of aromatic nitrogens is 1. The maximum absolute atomic E-state index is 11.5. The molecule has 1 aromatic rings. The highest BCUT2D eigenvalue weighted by molar-refractivity contribution is 5.77. The van der Waals surface area contributed by atoms with E-state index in [0.29, 0.717) is 13.0 Å². The summed E-state index contributed by atoms with van der Waals surface area (Å²) in [5, 5.41) is 14.1. The number of rotatable bonds is 6. The number of amides is 2. The van der Waals surface area contributed by atoms with Gasteiger partial charge >= 0.3 is 12.0 Å². The number of pyridine rings is 1. The van der Waals surface area contributed by atoms with E-state index in [0.717, 1.165) is 5.56 Å². The van der Waals surface area contributed by atoms with Crippen molar-refractivity contribution in [2.75, 3.05) is 13.1 Å². The minimum absolute atomic E-state index is 0.0844. The van der Waals surface area contributed by atoms with Gasteiger partial charge in [-0.1, -0.05) is 6.07 Å². The summed E-state index contributed by atoms with van der Waals surface area (Å²) < 4.78 is 0. The molecule has 0 aliphatic carbocycles. The lowest BCUT2D eigenvalue weighted by molar-refractivity contribution is -0.146. The van der Waals surface area contributed by atoms with E-state index < -0.39 is 11.4 Å². The molecule has 0 aliphatic heterocycles. The predicted octanol–water partition coefficient (Wildman–Crippen LogP) is 1.03. The van der Waals surface area contributed by atoms with Gasteiger partial charge in [-0.25, -0.2) is 4.79 Å². The number of nitrogens with one attached hydrogen (secondary N) is 2. The van der Waals surface area contributed by atoms with E-state index in [2.05, 4.69) is 15.6 Å². The second-order valence-electron chi connectivity index (χ2n) is 4.91. The Labute approximate surface area is 112 Å². The van der Waals surface area contributed by atoms with Gasteiger partial charge < -0.3 is 15.7 Å². The molecule has 1 heterocycles. The fourth-order valence-electron chi connectivity index (χ4n) is 1.31. The molecular weight excluding hydrogens is 246 g/mol. The zero-order valence-electron chi connectivity index (χ0n) is 11.1. The van der Waals surface area contributed by atoms with Crippen molar-refractivity contribution < 1.29 is 14.7 Å². The fraction of sp³-hybridized carbons (Fsp3) is 0.462. The highest BCUT2D eigenvalue weighted by atomic mass is 16.4. The van der Waals surface area contributed by atoms with Crippen molar-refractivity contribution in [2.45, 2.75) is 20.3 Å². The highest BCUT2D eigenvalue weighted by Gasteiger charge is 2.27. The van der Waals surface area contributed by atoms with Gasteiger partial charge in [0.25, 0.3) is 0 Å². The number of carboxylic acids is 1. The molecule has 0 fully saturated rings. The first-order valence-electron chi connectivity index (χ1n) is 6.06. The number of hydrogen-bond donors (Lipinski definition) is 3. The topological polar surface area (TPSA) is 91.3 Å². The summed E-state index contributed by atoms with van der Waals surface area (Å²) in [6.07, 6.45) is 4.12. The second kappa shape index (κ2) is 6.72. The number of carbonyl (C=O) groups is 2. The smallest absolute Gasteiger partial charge is 0.314 e. The van der Waals surface area contributed by atoms with Crippen LogP contribution >= 0.6 is 0 Å². The van der Waals surface area contributed by atoms with Crippen molar-refractivity contribution in [1.82, 2.24) is 15.6 Å². The van der Waals surface area contributed by atoms with Gasteiger partial charge in [0.1, 0.15) is 0 Å². The summed E-state index contributed by atoms with van der Waals surface area (Å²) >= 11 is 0. The van der Waals surface area contributed by atoms with Crippen LogP contribution in [0.15, 0.2) is 24.5 Å². The van der Waals surface area contributed by atoms with Gasteiger partial charge in [0.2, 0.25) is 0 Å². The molecule has 0 spiro atoms. The molecule has 0 bridgehead atoms. The van der Waals surface area contributed by atoms with Crippen LogP contribution in [-0.4, -0.2) is 35.2 Å². The SMILES string of the molecule is CC(C)(CNC(=O)NCCc1cccnc1)C(=O)O. The van der Waals surface area contributed by atoms with Crippen LogP contribution in [0.2, 0.25) is 0 Å². The van der Waals surface area contributed by atoms with Gasteiger partial charge in [-0.2, -0.15) is 0 Å². The van der Waals surface area contributed by atoms with Crippen molar-refractivity contribution in [1.29, 1.82) is 0 Å². The third-order valence-corrected chi connectivity index (χ3v) is 2.69. The van der Waals surface area contributed by atoms with Crippen molar-refractivity contribution in [2.24, 2.45) is 5.41 Å². The Morgan fingerprint density at radius 1 is 1.37 bits per heavy atom. The van der Waals surface area contributed by atoms with Crippen LogP contribution in [0.3, 0.4) is 0 Å². The van der Waals surface area contributed by atoms with Crippen LogP contribution < -0.4 is 10.6 Å². The van der Waals surface area contributed by atoms with E-state index >= 15 is 0 Å². The Morgan fingerprint density at radius 3 is 2.68 bits per heavy atom. The lowest BCUT2D eigenvalue weighted by Gasteiger charge is -2.19. The third kappa shape index (κ3) is 5.37. The van der Waals surface area contributed by atoms with Crippen LogP contribution in [0, 0.1) is 5.41 Å². The molecule has 1 aromatic heterocycles. The van der Waals surface area contributed by atoms with Gasteiger partial charge in [-0.05, 0) is 31.9 Å². The van der Waals surface area contributed by atoms with E-state index in [4.69, 9.17) is 5.11 Å². The number of nitrogens with zero attached hydrogens (tertiary/aromatic N) is 1. The molecule has 0 aromatic carbocycles. The first kappa shape index (κ1) is 14.9. The Kier molecular flexibility index (Phi) is 5.29. The van der Waals surface area contributed by atoms with Crippen molar-refractivity contribution in [3.05, 3.63) is 30.1 Å². The van der Waals surface area contributed by atoms with Crippen molar-refractivity contribution in [3.63, 3.8) is 0 Å². The number of carboxylic acid groups (broad SMARTS) is 1. The molecule has 104 valence electrons. The molecule has 0 saturated heterocycles. The molecule has 0 saturated carbocycles. The van der Waals surface area contributed by atoms with Crippen LogP contribution in [-0.2, 0) is 11.2 Å². The Bertz CT molecular complexity index is 432. The Morgan fingerprint density at radius 2 is 2.11 bits per heavy atom.